The van der Waals surface area contributed by atoms with Gasteiger partial charge in [0.05, 0.1) is 0 Å². The summed E-state index contributed by atoms with van der Waals surface area (Å²) in [7, 11) is 2.08. The highest BCUT2D eigenvalue weighted by atomic mass is 127. The Balaban J connectivity index is 2.07. The van der Waals surface area contributed by atoms with E-state index in [-0.39, 0.29) is 0 Å². The molecule has 0 amide bonds. The van der Waals surface area contributed by atoms with Crippen LogP contribution in [0.3, 0.4) is 0 Å². The minimum absolute atomic E-state index is 0.545. The van der Waals surface area contributed by atoms with Crippen LogP contribution < -0.4 is 5.32 Å². The van der Waals surface area contributed by atoms with E-state index in [0.717, 1.165) is 5.92 Å². The predicted octanol–water partition coefficient (Wildman–Crippen LogP) is 3.74. The number of benzene rings is 1. The van der Waals surface area contributed by atoms with Crippen molar-refractivity contribution in [1.29, 1.82) is 0 Å². The first-order valence-electron chi connectivity index (χ1n) is 5.73. The summed E-state index contributed by atoms with van der Waals surface area (Å²) in [5.41, 5.74) is 1.47. The van der Waals surface area contributed by atoms with Crippen molar-refractivity contribution in [2.24, 2.45) is 5.92 Å². The van der Waals surface area contributed by atoms with Crippen LogP contribution in [0.4, 0.5) is 0 Å². The third-order valence-corrected chi connectivity index (χ3v) is 4.41. The number of rotatable bonds is 4. The van der Waals surface area contributed by atoms with Gasteiger partial charge in [0.15, 0.2) is 0 Å². The zero-order valence-corrected chi connectivity index (χ0v) is 11.3. The van der Waals surface area contributed by atoms with E-state index in [2.05, 4.69) is 59.2 Å². The van der Waals surface area contributed by atoms with Crippen LogP contribution in [0.25, 0.3) is 0 Å². The quantitative estimate of drug-likeness (QED) is 0.835. The van der Waals surface area contributed by atoms with Crippen LogP contribution in [0, 0.1) is 9.49 Å². The molecule has 0 aromatic heterocycles. The normalized spacial score (nSPS) is 18.5. The van der Waals surface area contributed by atoms with Gasteiger partial charge < -0.3 is 5.32 Å². The molecule has 1 unspecified atom stereocenters. The van der Waals surface area contributed by atoms with E-state index in [1.807, 2.05) is 0 Å². The molecule has 0 spiro atoms. The van der Waals surface area contributed by atoms with Gasteiger partial charge in [-0.25, -0.2) is 0 Å². The van der Waals surface area contributed by atoms with Crippen LogP contribution in [0.15, 0.2) is 24.3 Å². The second kappa shape index (κ2) is 5.30. The standard InChI is InChI=1S/C13H18IN/c1-15-13(9-10-5-4-6-10)11-7-2-3-8-12(11)14/h2-3,7-8,10,13,15H,4-6,9H2,1H3. The summed E-state index contributed by atoms with van der Waals surface area (Å²) in [5.74, 6) is 0.957. The van der Waals surface area contributed by atoms with Gasteiger partial charge in [-0.2, -0.15) is 0 Å². The van der Waals surface area contributed by atoms with Crippen molar-refractivity contribution in [3.05, 3.63) is 33.4 Å². The minimum atomic E-state index is 0.545. The topological polar surface area (TPSA) is 12.0 Å². The minimum Gasteiger partial charge on any atom is -0.313 e. The SMILES string of the molecule is CNC(CC1CCC1)c1ccccc1I. The van der Waals surface area contributed by atoms with E-state index < -0.39 is 0 Å². The van der Waals surface area contributed by atoms with Gasteiger partial charge in [-0.15, -0.1) is 0 Å². The lowest BCUT2D eigenvalue weighted by molar-refractivity contribution is 0.265. The van der Waals surface area contributed by atoms with Crippen molar-refractivity contribution in [3.8, 4) is 0 Å². The van der Waals surface area contributed by atoms with Crippen LogP contribution in [-0.4, -0.2) is 7.05 Å². The molecule has 0 heterocycles. The first kappa shape index (κ1) is 11.4. The van der Waals surface area contributed by atoms with Crippen LogP contribution in [-0.2, 0) is 0 Å². The second-order valence-electron chi connectivity index (χ2n) is 4.40. The average molecular weight is 315 g/mol. The molecule has 1 atom stereocenters. The lowest BCUT2D eigenvalue weighted by Crippen LogP contribution is -2.23. The molecular formula is C13H18IN. The lowest BCUT2D eigenvalue weighted by atomic mass is 9.79. The van der Waals surface area contributed by atoms with Crippen molar-refractivity contribution >= 4 is 22.6 Å². The van der Waals surface area contributed by atoms with Crippen molar-refractivity contribution in [3.63, 3.8) is 0 Å². The summed E-state index contributed by atoms with van der Waals surface area (Å²) in [5, 5.41) is 3.45. The van der Waals surface area contributed by atoms with Gasteiger partial charge in [0.1, 0.15) is 0 Å². The molecular weight excluding hydrogens is 297 g/mol. The molecule has 1 fully saturated rings. The summed E-state index contributed by atoms with van der Waals surface area (Å²) >= 11 is 2.44. The smallest absolute Gasteiger partial charge is 0.0330 e. The molecule has 1 aliphatic rings. The Kier molecular flexibility index (Phi) is 4.03. The Morgan fingerprint density at radius 2 is 2.13 bits per heavy atom. The Bertz CT molecular complexity index is 320. The highest BCUT2D eigenvalue weighted by molar-refractivity contribution is 14.1. The zero-order chi connectivity index (χ0) is 10.7. The Morgan fingerprint density at radius 1 is 1.40 bits per heavy atom. The number of hydrogen-bond acceptors (Lipinski definition) is 1. The molecule has 1 aromatic carbocycles. The fourth-order valence-electron chi connectivity index (χ4n) is 2.22. The van der Waals surface area contributed by atoms with Crippen LogP contribution in [0.2, 0.25) is 0 Å². The largest absolute Gasteiger partial charge is 0.313 e. The Labute approximate surface area is 106 Å². The highest BCUT2D eigenvalue weighted by Gasteiger charge is 2.22. The molecule has 1 aliphatic carbocycles. The molecule has 15 heavy (non-hydrogen) atoms. The molecule has 2 heteroatoms. The maximum Gasteiger partial charge on any atom is 0.0330 e. The van der Waals surface area contributed by atoms with Crippen LogP contribution >= 0.6 is 22.6 Å². The van der Waals surface area contributed by atoms with Gasteiger partial charge in [0, 0.05) is 9.61 Å². The molecule has 1 saturated carbocycles. The Morgan fingerprint density at radius 3 is 2.67 bits per heavy atom. The van der Waals surface area contributed by atoms with Crippen molar-refractivity contribution in [2.75, 3.05) is 7.05 Å². The molecule has 0 radical (unpaired) electrons. The summed E-state index contributed by atoms with van der Waals surface area (Å²) in [6, 6.07) is 9.25. The molecule has 0 saturated heterocycles. The van der Waals surface area contributed by atoms with Gasteiger partial charge in [-0.05, 0) is 53.6 Å². The highest BCUT2D eigenvalue weighted by Crippen LogP contribution is 2.35. The summed E-state index contributed by atoms with van der Waals surface area (Å²) in [6.07, 6.45) is 5.60. The molecule has 2 rings (SSSR count). The lowest BCUT2D eigenvalue weighted by Gasteiger charge is -2.30. The van der Waals surface area contributed by atoms with Gasteiger partial charge in [-0.3, -0.25) is 0 Å². The van der Waals surface area contributed by atoms with E-state index in [4.69, 9.17) is 0 Å². The molecule has 1 nitrogen and oxygen atoms in total. The van der Waals surface area contributed by atoms with Crippen molar-refractivity contribution < 1.29 is 0 Å². The van der Waals surface area contributed by atoms with Crippen LogP contribution in [0.5, 0.6) is 0 Å². The maximum atomic E-state index is 3.45. The predicted molar refractivity (Wildman–Crippen MR) is 72.9 cm³/mol. The summed E-state index contributed by atoms with van der Waals surface area (Å²) < 4.78 is 1.38. The Hall–Kier alpha value is -0.0900. The second-order valence-corrected chi connectivity index (χ2v) is 5.56. The fourth-order valence-corrected chi connectivity index (χ4v) is 2.98. The van der Waals surface area contributed by atoms with Gasteiger partial charge in [-0.1, -0.05) is 37.5 Å². The van der Waals surface area contributed by atoms with Crippen molar-refractivity contribution in [2.45, 2.75) is 31.7 Å². The molecule has 1 aromatic rings. The summed E-state index contributed by atoms with van der Waals surface area (Å²) in [6.45, 7) is 0. The van der Waals surface area contributed by atoms with Gasteiger partial charge in [0.25, 0.3) is 0 Å². The number of hydrogen-bond donors (Lipinski definition) is 1. The average Bonchev–Trinajstić information content (AvgIpc) is 2.19. The van der Waals surface area contributed by atoms with E-state index in [9.17, 15) is 0 Å². The maximum absolute atomic E-state index is 3.45. The molecule has 0 bridgehead atoms. The fraction of sp³-hybridized carbons (Fsp3) is 0.538. The van der Waals surface area contributed by atoms with E-state index >= 15 is 0 Å². The first-order chi connectivity index (χ1) is 7.31. The van der Waals surface area contributed by atoms with Crippen LogP contribution in [0.1, 0.15) is 37.3 Å². The monoisotopic (exact) mass is 315 g/mol. The van der Waals surface area contributed by atoms with E-state index in [1.54, 1.807) is 0 Å². The zero-order valence-electron chi connectivity index (χ0n) is 9.17. The number of nitrogens with one attached hydrogen (secondary N) is 1. The van der Waals surface area contributed by atoms with Gasteiger partial charge in [0.2, 0.25) is 0 Å². The third-order valence-electron chi connectivity index (χ3n) is 3.42. The van der Waals surface area contributed by atoms with Gasteiger partial charge >= 0.3 is 0 Å². The van der Waals surface area contributed by atoms with E-state index in [0.29, 0.717) is 6.04 Å². The number of halogens is 1. The van der Waals surface area contributed by atoms with E-state index in [1.165, 1.54) is 34.8 Å². The molecule has 82 valence electrons. The molecule has 1 N–H and O–H groups in total. The first-order valence-corrected chi connectivity index (χ1v) is 6.81. The summed E-state index contributed by atoms with van der Waals surface area (Å²) in [4.78, 5) is 0. The third kappa shape index (κ3) is 2.72. The molecule has 0 aliphatic heterocycles. The van der Waals surface area contributed by atoms with Crippen molar-refractivity contribution in [1.82, 2.24) is 5.32 Å².